The standard InChI is InChI=1S/C22H16ClFN2O/c1-13-3-4-15(12-25)10-19(13)22(27)18-7-6-17(11-20(18)23)26-21-8-5-16(24)9-14(21)2/h3-11,26H,1-2H3. The van der Waals surface area contributed by atoms with Crippen molar-refractivity contribution in [2.45, 2.75) is 13.8 Å². The molecular formula is C22H16ClFN2O. The molecule has 0 unspecified atom stereocenters. The van der Waals surface area contributed by atoms with Crippen molar-refractivity contribution in [2.24, 2.45) is 0 Å². The van der Waals surface area contributed by atoms with Gasteiger partial charge in [-0.05, 0) is 73.5 Å². The Bertz CT molecular complexity index is 1090. The van der Waals surface area contributed by atoms with Crippen LogP contribution < -0.4 is 5.32 Å². The summed E-state index contributed by atoms with van der Waals surface area (Å²) in [7, 11) is 0. The molecule has 0 aliphatic rings. The van der Waals surface area contributed by atoms with E-state index >= 15 is 0 Å². The summed E-state index contributed by atoms with van der Waals surface area (Å²) < 4.78 is 13.2. The molecule has 134 valence electrons. The third kappa shape index (κ3) is 3.99. The lowest BCUT2D eigenvalue weighted by Crippen LogP contribution is -2.05. The Balaban J connectivity index is 1.91. The molecule has 3 aromatic rings. The van der Waals surface area contributed by atoms with Gasteiger partial charge in [-0.3, -0.25) is 4.79 Å². The van der Waals surface area contributed by atoms with Crippen LogP contribution in [0.4, 0.5) is 15.8 Å². The molecule has 0 saturated carbocycles. The van der Waals surface area contributed by atoms with Crippen LogP contribution in [0.5, 0.6) is 0 Å². The average Bonchev–Trinajstić information content (AvgIpc) is 2.64. The van der Waals surface area contributed by atoms with E-state index < -0.39 is 0 Å². The van der Waals surface area contributed by atoms with Crippen LogP contribution in [0.3, 0.4) is 0 Å². The monoisotopic (exact) mass is 378 g/mol. The quantitative estimate of drug-likeness (QED) is 0.571. The van der Waals surface area contributed by atoms with E-state index in [1.54, 1.807) is 49.4 Å². The van der Waals surface area contributed by atoms with Gasteiger partial charge in [0.05, 0.1) is 16.7 Å². The maximum atomic E-state index is 13.2. The number of anilines is 2. The predicted molar refractivity (Wildman–Crippen MR) is 105 cm³/mol. The molecular weight excluding hydrogens is 363 g/mol. The van der Waals surface area contributed by atoms with Gasteiger partial charge < -0.3 is 5.32 Å². The van der Waals surface area contributed by atoms with Crippen LogP contribution in [0, 0.1) is 31.0 Å². The maximum absolute atomic E-state index is 13.2. The SMILES string of the molecule is Cc1cc(F)ccc1Nc1ccc(C(=O)c2cc(C#N)ccc2C)c(Cl)c1. The summed E-state index contributed by atoms with van der Waals surface area (Å²) in [5.74, 6) is -0.536. The Morgan fingerprint density at radius 1 is 1.00 bits per heavy atom. The number of ketones is 1. The molecule has 0 bridgehead atoms. The van der Waals surface area contributed by atoms with Gasteiger partial charge in [0.25, 0.3) is 0 Å². The van der Waals surface area contributed by atoms with Gasteiger partial charge in [-0.25, -0.2) is 4.39 Å². The normalized spacial score (nSPS) is 10.3. The summed E-state index contributed by atoms with van der Waals surface area (Å²) in [4.78, 5) is 12.9. The Morgan fingerprint density at radius 3 is 2.44 bits per heavy atom. The van der Waals surface area contributed by atoms with E-state index in [4.69, 9.17) is 16.9 Å². The van der Waals surface area contributed by atoms with Crippen LogP contribution in [-0.2, 0) is 0 Å². The van der Waals surface area contributed by atoms with Crippen molar-refractivity contribution in [3.8, 4) is 6.07 Å². The number of hydrogen-bond donors (Lipinski definition) is 1. The second kappa shape index (κ2) is 7.61. The molecule has 0 aromatic heterocycles. The minimum atomic E-state index is -0.299. The van der Waals surface area contributed by atoms with Crippen LogP contribution in [0.25, 0.3) is 0 Å². The number of aryl methyl sites for hydroxylation is 2. The predicted octanol–water partition coefficient (Wildman–Crippen LogP) is 5.94. The Labute approximate surface area is 162 Å². The Hall–Kier alpha value is -3.16. The first-order valence-corrected chi connectivity index (χ1v) is 8.65. The molecule has 0 aliphatic carbocycles. The van der Waals surface area contributed by atoms with Gasteiger partial charge in [-0.1, -0.05) is 17.7 Å². The molecule has 3 aromatic carbocycles. The molecule has 0 aliphatic heterocycles. The fourth-order valence-electron chi connectivity index (χ4n) is 2.78. The summed E-state index contributed by atoms with van der Waals surface area (Å²) in [6, 6.07) is 16.5. The Morgan fingerprint density at radius 2 is 1.78 bits per heavy atom. The summed E-state index contributed by atoms with van der Waals surface area (Å²) in [5.41, 5.74) is 4.21. The number of carbonyl (C=O) groups is 1. The highest BCUT2D eigenvalue weighted by Gasteiger charge is 2.16. The van der Waals surface area contributed by atoms with E-state index in [1.165, 1.54) is 12.1 Å². The van der Waals surface area contributed by atoms with Crippen LogP contribution >= 0.6 is 11.6 Å². The van der Waals surface area contributed by atoms with Crippen molar-refractivity contribution >= 4 is 28.8 Å². The number of rotatable bonds is 4. The zero-order chi connectivity index (χ0) is 19.6. The van der Waals surface area contributed by atoms with E-state index in [1.807, 2.05) is 13.0 Å². The van der Waals surface area contributed by atoms with Crippen molar-refractivity contribution in [2.75, 3.05) is 5.32 Å². The zero-order valence-corrected chi connectivity index (χ0v) is 15.6. The highest BCUT2D eigenvalue weighted by molar-refractivity contribution is 6.35. The van der Waals surface area contributed by atoms with Gasteiger partial charge in [-0.2, -0.15) is 5.26 Å². The summed E-state index contributed by atoms with van der Waals surface area (Å²) in [5, 5.41) is 12.5. The minimum absolute atomic E-state index is 0.237. The number of hydrogen-bond acceptors (Lipinski definition) is 3. The number of benzene rings is 3. The second-order valence-electron chi connectivity index (χ2n) is 6.25. The fourth-order valence-corrected chi connectivity index (χ4v) is 3.05. The van der Waals surface area contributed by atoms with Crippen LogP contribution in [0.2, 0.25) is 5.02 Å². The Kier molecular flexibility index (Phi) is 5.25. The number of halogens is 2. The highest BCUT2D eigenvalue weighted by Crippen LogP contribution is 2.28. The van der Waals surface area contributed by atoms with E-state index in [0.29, 0.717) is 27.4 Å². The third-order valence-electron chi connectivity index (χ3n) is 4.29. The fraction of sp³-hybridized carbons (Fsp3) is 0.0909. The average molecular weight is 379 g/mol. The lowest BCUT2D eigenvalue weighted by molar-refractivity contribution is 0.103. The van der Waals surface area contributed by atoms with Crippen molar-refractivity contribution in [1.82, 2.24) is 0 Å². The largest absolute Gasteiger partial charge is 0.355 e. The second-order valence-corrected chi connectivity index (χ2v) is 6.66. The minimum Gasteiger partial charge on any atom is -0.355 e. The third-order valence-corrected chi connectivity index (χ3v) is 4.61. The molecule has 0 atom stereocenters. The van der Waals surface area contributed by atoms with E-state index in [2.05, 4.69) is 5.32 Å². The van der Waals surface area contributed by atoms with Gasteiger partial charge in [0, 0.05) is 22.5 Å². The first-order valence-electron chi connectivity index (χ1n) is 8.27. The highest BCUT2D eigenvalue weighted by atomic mass is 35.5. The zero-order valence-electron chi connectivity index (χ0n) is 14.8. The van der Waals surface area contributed by atoms with E-state index in [-0.39, 0.29) is 11.6 Å². The van der Waals surface area contributed by atoms with Crippen LogP contribution in [0.15, 0.2) is 54.6 Å². The van der Waals surface area contributed by atoms with Crippen LogP contribution in [-0.4, -0.2) is 5.78 Å². The van der Waals surface area contributed by atoms with E-state index in [0.717, 1.165) is 16.8 Å². The van der Waals surface area contributed by atoms with Crippen molar-refractivity contribution in [3.63, 3.8) is 0 Å². The van der Waals surface area contributed by atoms with Crippen molar-refractivity contribution in [3.05, 3.63) is 93.3 Å². The summed E-state index contributed by atoms with van der Waals surface area (Å²) >= 11 is 6.35. The van der Waals surface area contributed by atoms with Gasteiger partial charge in [-0.15, -0.1) is 0 Å². The number of nitriles is 1. The van der Waals surface area contributed by atoms with Crippen molar-refractivity contribution in [1.29, 1.82) is 5.26 Å². The van der Waals surface area contributed by atoms with Crippen molar-refractivity contribution < 1.29 is 9.18 Å². The first-order chi connectivity index (χ1) is 12.9. The molecule has 0 saturated heterocycles. The summed E-state index contributed by atoms with van der Waals surface area (Å²) in [6.07, 6.45) is 0. The molecule has 3 rings (SSSR count). The number of nitrogens with zero attached hydrogens (tertiary/aromatic N) is 1. The lowest BCUT2D eigenvalue weighted by atomic mass is 9.97. The number of carbonyl (C=O) groups excluding carboxylic acids is 1. The smallest absolute Gasteiger partial charge is 0.194 e. The van der Waals surface area contributed by atoms with Gasteiger partial charge >= 0.3 is 0 Å². The molecule has 1 N–H and O–H groups in total. The summed E-state index contributed by atoms with van der Waals surface area (Å²) in [6.45, 7) is 3.62. The molecule has 27 heavy (non-hydrogen) atoms. The topological polar surface area (TPSA) is 52.9 Å². The molecule has 0 fully saturated rings. The maximum Gasteiger partial charge on any atom is 0.194 e. The van der Waals surface area contributed by atoms with Gasteiger partial charge in [0.1, 0.15) is 5.82 Å². The number of nitrogens with one attached hydrogen (secondary N) is 1. The molecule has 5 heteroatoms. The molecule has 0 amide bonds. The van der Waals surface area contributed by atoms with Gasteiger partial charge in [0.2, 0.25) is 0 Å². The molecule has 0 spiro atoms. The molecule has 0 radical (unpaired) electrons. The molecule has 3 nitrogen and oxygen atoms in total. The lowest BCUT2D eigenvalue weighted by Gasteiger charge is -2.12. The van der Waals surface area contributed by atoms with E-state index in [9.17, 15) is 9.18 Å². The molecule has 0 heterocycles. The first kappa shape index (κ1) is 18.6. The van der Waals surface area contributed by atoms with Crippen LogP contribution in [0.1, 0.15) is 32.6 Å². The van der Waals surface area contributed by atoms with Gasteiger partial charge in [0.15, 0.2) is 5.78 Å².